The molecule has 2 rings (SSSR count). The molecule has 0 saturated carbocycles. The molecule has 0 fully saturated rings. The number of carboxylic acid groups (broad SMARTS) is 1. The molecule has 0 amide bonds. The Kier molecular flexibility index (Phi) is 3.78. The smallest absolute Gasteiger partial charge is 0.417 e. The van der Waals surface area contributed by atoms with Crippen molar-refractivity contribution < 1.29 is 23.1 Å². The number of aliphatic carboxylic acids is 1. The standard InChI is InChI=1S/C13H11F3N2O2/c14-13(15,16)10-4-2-1-3-8(10)9-7-17-18-11(9)5-6-12(19)20/h1-4,7H,5-6H2,(H,17,18)(H,19,20). The van der Waals surface area contributed by atoms with Crippen LogP contribution >= 0.6 is 0 Å². The molecule has 20 heavy (non-hydrogen) atoms. The number of carboxylic acids is 1. The number of carbonyl (C=O) groups is 1. The molecule has 0 aliphatic rings. The van der Waals surface area contributed by atoms with Crippen LogP contribution in [0, 0.1) is 0 Å². The number of benzene rings is 1. The highest BCUT2D eigenvalue weighted by Crippen LogP contribution is 2.37. The Morgan fingerprint density at radius 2 is 1.95 bits per heavy atom. The molecular weight excluding hydrogens is 273 g/mol. The molecule has 0 unspecified atom stereocenters. The third-order valence-electron chi connectivity index (χ3n) is 2.83. The lowest BCUT2D eigenvalue weighted by molar-refractivity contribution is -0.138. The van der Waals surface area contributed by atoms with Gasteiger partial charge in [0.15, 0.2) is 0 Å². The fourth-order valence-electron chi connectivity index (χ4n) is 1.93. The predicted octanol–water partition coefficient (Wildman–Crippen LogP) is 3.11. The van der Waals surface area contributed by atoms with Crippen LogP contribution in [0.3, 0.4) is 0 Å². The number of nitrogens with one attached hydrogen (secondary N) is 1. The number of nitrogens with zero attached hydrogens (tertiary/aromatic N) is 1. The van der Waals surface area contributed by atoms with Crippen molar-refractivity contribution in [3.05, 3.63) is 41.7 Å². The summed E-state index contributed by atoms with van der Waals surface area (Å²) in [6.45, 7) is 0. The van der Waals surface area contributed by atoms with Crippen molar-refractivity contribution in [3.8, 4) is 11.1 Å². The largest absolute Gasteiger partial charge is 0.481 e. The number of aromatic nitrogens is 2. The molecule has 0 saturated heterocycles. The van der Waals surface area contributed by atoms with Gasteiger partial charge in [-0.25, -0.2) is 0 Å². The molecule has 0 atom stereocenters. The topological polar surface area (TPSA) is 66.0 Å². The normalized spacial score (nSPS) is 11.6. The van der Waals surface area contributed by atoms with E-state index in [1.54, 1.807) is 0 Å². The van der Waals surface area contributed by atoms with E-state index in [1.807, 2.05) is 0 Å². The number of alkyl halides is 3. The van der Waals surface area contributed by atoms with Crippen LogP contribution in [0.2, 0.25) is 0 Å². The zero-order chi connectivity index (χ0) is 14.8. The highest BCUT2D eigenvalue weighted by Gasteiger charge is 2.34. The van der Waals surface area contributed by atoms with Gasteiger partial charge < -0.3 is 5.11 Å². The van der Waals surface area contributed by atoms with Crippen molar-refractivity contribution in [2.45, 2.75) is 19.0 Å². The third-order valence-corrected chi connectivity index (χ3v) is 2.83. The second-order valence-corrected chi connectivity index (χ2v) is 4.20. The Morgan fingerprint density at radius 1 is 1.25 bits per heavy atom. The molecular formula is C13H11F3N2O2. The zero-order valence-electron chi connectivity index (χ0n) is 10.2. The highest BCUT2D eigenvalue weighted by molar-refractivity contribution is 5.71. The predicted molar refractivity (Wildman–Crippen MR) is 65.0 cm³/mol. The maximum atomic E-state index is 13.0. The minimum Gasteiger partial charge on any atom is -0.481 e. The number of hydrogen-bond acceptors (Lipinski definition) is 2. The van der Waals surface area contributed by atoms with E-state index in [9.17, 15) is 18.0 Å². The highest BCUT2D eigenvalue weighted by atomic mass is 19.4. The summed E-state index contributed by atoms with van der Waals surface area (Å²) in [6.07, 6.45) is -3.28. The first kappa shape index (κ1) is 14.1. The number of halogens is 3. The molecule has 0 aliphatic heterocycles. The van der Waals surface area contributed by atoms with E-state index in [-0.39, 0.29) is 24.0 Å². The summed E-state index contributed by atoms with van der Waals surface area (Å²) in [7, 11) is 0. The SMILES string of the molecule is O=C(O)CCc1[nH]ncc1-c1ccccc1C(F)(F)F. The number of aryl methyl sites for hydroxylation is 1. The molecule has 4 nitrogen and oxygen atoms in total. The molecule has 2 aromatic rings. The first-order valence-corrected chi connectivity index (χ1v) is 5.80. The maximum Gasteiger partial charge on any atom is 0.417 e. The van der Waals surface area contributed by atoms with Crippen molar-refractivity contribution in [1.29, 1.82) is 0 Å². The summed E-state index contributed by atoms with van der Waals surface area (Å²) in [5.74, 6) is -1.02. The van der Waals surface area contributed by atoms with Gasteiger partial charge in [-0.3, -0.25) is 9.89 Å². The summed E-state index contributed by atoms with van der Waals surface area (Å²) in [5.41, 5.74) is -0.115. The van der Waals surface area contributed by atoms with Crippen LogP contribution < -0.4 is 0 Å². The van der Waals surface area contributed by atoms with Crippen molar-refractivity contribution in [2.75, 3.05) is 0 Å². The minimum atomic E-state index is -4.47. The van der Waals surface area contributed by atoms with Gasteiger partial charge in [0.05, 0.1) is 18.2 Å². The summed E-state index contributed by atoms with van der Waals surface area (Å²) >= 11 is 0. The number of H-pyrrole nitrogens is 1. The van der Waals surface area contributed by atoms with Crippen LogP contribution in [0.25, 0.3) is 11.1 Å². The summed E-state index contributed by atoms with van der Waals surface area (Å²) in [6, 6.07) is 5.14. The first-order valence-electron chi connectivity index (χ1n) is 5.80. The average molecular weight is 284 g/mol. The minimum absolute atomic E-state index is 0.00543. The molecule has 2 N–H and O–H groups in total. The lowest BCUT2D eigenvalue weighted by Crippen LogP contribution is -2.07. The van der Waals surface area contributed by atoms with Crippen LogP contribution in [-0.4, -0.2) is 21.3 Å². The lowest BCUT2D eigenvalue weighted by atomic mass is 9.98. The Morgan fingerprint density at radius 3 is 2.60 bits per heavy atom. The van der Waals surface area contributed by atoms with Crippen molar-refractivity contribution in [3.63, 3.8) is 0 Å². The van der Waals surface area contributed by atoms with Gasteiger partial charge in [0.1, 0.15) is 0 Å². The number of hydrogen-bond donors (Lipinski definition) is 2. The van der Waals surface area contributed by atoms with Crippen LogP contribution in [0.4, 0.5) is 13.2 Å². The quantitative estimate of drug-likeness (QED) is 0.906. The van der Waals surface area contributed by atoms with E-state index in [0.717, 1.165) is 6.07 Å². The number of aromatic amines is 1. The van der Waals surface area contributed by atoms with Gasteiger partial charge in [0.25, 0.3) is 0 Å². The second kappa shape index (κ2) is 5.36. The fourth-order valence-corrected chi connectivity index (χ4v) is 1.93. The van der Waals surface area contributed by atoms with Gasteiger partial charge >= 0.3 is 12.1 Å². The summed E-state index contributed by atoms with van der Waals surface area (Å²) in [5, 5.41) is 14.9. The Bertz CT molecular complexity index is 620. The van der Waals surface area contributed by atoms with Crippen LogP contribution in [0.5, 0.6) is 0 Å². The Labute approximate surface area is 112 Å². The molecule has 0 aliphatic carbocycles. The summed E-state index contributed by atoms with van der Waals surface area (Å²) < 4.78 is 38.9. The first-order chi connectivity index (χ1) is 9.39. The zero-order valence-corrected chi connectivity index (χ0v) is 10.2. The van der Waals surface area contributed by atoms with Gasteiger partial charge in [-0.05, 0) is 11.6 Å². The van der Waals surface area contributed by atoms with Gasteiger partial charge in [-0.15, -0.1) is 0 Å². The van der Waals surface area contributed by atoms with Gasteiger partial charge in [0.2, 0.25) is 0 Å². The van der Waals surface area contributed by atoms with Gasteiger partial charge in [-0.1, -0.05) is 18.2 Å². The molecule has 1 aromatic carbocycles. The molecule has 106 valence electrons. The van der Waals surface area contributed by atoms with E-state index in [4.69, 9.17) is 5.11 Å². The van der Waals surface area contributed by atoms with Crippen LogP contribution in [0.15, 0.2) is 30.5 Å². The molecule has 0 radical (unpaired) electrons. The average Bonchev–Trinajstić information content (AvgIpc) is 2.83. The van der Waals surface area contributed by atoms with Crippen molar-refractivity contribution in [1.82, 2.24) is 10.2 Å². The van der Waals surface area contributed by atoms with Crippen molar-refractivity contribution in [2.24, 2.45) is 0 Å². The number of rotatable bonds is 4. The van der Waals surface area contributed by atoms with Gasteiger partial charge in [-0.2, -0.15) is 18.3 Å². The molecule has 7 heteroatoms. The Balaban J connectivity index is 2.43. The molecule has 0 bridgehead atoms. The van der Waals surface area contributed by atoms with E-state index >= 15 is 0 Å². The maximum absolute atomic E-state index is 13.0. The molecule has 0 spiro atoms. The van der Waals surface area contributed by atoms with E-state index in [0.29, 0.717) is 5.69 Å². The molecule has 1 aromatic heterocycles. The fraction of sp³-hybridized carbons (Fsp3) is 0.231. The lowest BCUT2D eigenvalue weighted by Gasteiger charge is -2.12. The van der Waals surface area contributed by atoms with Crippen molar-refractivity contribution >= 4 is 5.97 Å². The van der Waals surface area contributed by atoms with E-state index in [2.05, 4.69) is 10.2 Å². The molecule has 1 heterocycles. The monoisotopic (exact) mass is 284 g/mol. The summed E-state index contributed by atoms with van der Waals surface area (Å²) in [4.78, 5) is 10.6. The second-order valence-electron chi connectivity index (χ2n) is 4.20. The van der Waals surface area contributed by atoms with E-state index in [1.165, 1.54) is 24.4 Å². The van der Waals surface area contributed by atoms with E-state index < -0.39 is 17.7 Å². The third kappa shape index (κ3) is 2.98. The van der Waals surface area contributed by atoms with Gasteiger partial charge in [0, 0.05) is 17.7 Å². The van der Waals surface area contributed by atoms with Crippen LogP contribution in [-0.2, 0) is 17.4 Å². The Hall–Kier alpha value is -2.31. The van der Waals surface area contributed by atoms with Crippen LogP contribution in [0.1, 0.15) is 17.7 Å².